The topological polar surface area (TPSA) is 47.1 Å². The minimum atomic E-state index is 0.330. The van der Waals surface area contributed by atoms with Gasteiger partial charge in [-0.25, -0.2) is 0 Å². The Morgan fingerprint density at radius 3 is 1.19 bits per heavy atom. The van der Waals surface area contributed by atoms with Gasteiger partial charge in [0.1, 0.15) is 0 Å². The largest absolute Gasteiger partial charge is 0.340 e. The lowest BCUT2D eigenvalue weighted by atomic mass is 10.1. The standard InChI is InChI=1S/C20H38N4O2/c1-21-11-15-23(16-12-21)19(25)9-7-5-3-4-6-8-10-20(26)24-17-13-22(2)14-18-24/h3-18H2,1-2H3. The van der Waals surface area contributed by atoms with Crippen molar-refractivity contribution in [2.75, 3.05) is 66.5 Å². The van der Waals surface area contributed by atoms with E-state index in [4.69, 9.17) is 0 Å². The van der Waals surface area contributed by atoms with Gasteiger partial charge in [-0.2, -0.15) is 0 Å². The predicted molar refractivity (Wildman–Crippen MR) is 105 cm³/mol. The summed E-state index contributed by atoms with van der Waals surface area (Å²) in [5, 5.41) is 0. The molecule has 0 unspecified atom stereocenters. The molecule has 2 amide bonds. The maximum absolute atomic E-state index is 12.1. The molecule has 150 valence electrons. The van der Waals surface area contributed by atoms with Crippen molar-refractivity contribution >= 4 is 11.8 Å². The number of piperazine rings is 2. The Labute approximate surface area is 159 Å². The van der Waals surface area contributed by atoms with Crippen LogP contribution in [0.4, 0.5) is 0 Å². The summed E-state index contributed by atoms with van der Waals surface area (Å²) in [7, 11) is 4.22. The number of unbranched alkanes of at least 4 members (excludes halogenated alkanes) is 5. The average Bonchev–Trinajstić information content (AvgIpc) is 2.64. The van der Waals surface area contributed by atoms with Crippen molar-refractivity contribution in [3.05, 3.63) is 0 Å². The Hall–Kier alpha value is -1.14. The molecule has 0 N–H and O–H groups in total. The first-order valence-electron chi connectivity index (χ1n) is 10.5. The van der Waals surface area contributed by atoms with E-state index in [0.29, 0.717) is 24.7 Å². The van der Waals surface area contributed by atoms with E-state index in [9.17, 15) is 9.59 Å². The first kappa shape index (κ1) is 21.2. The molecule has 2 aliphatic heterocycles. The molecule has 2 aliphatic rings. The Kier molecular flexibility index (Phi) is 9.40. The summed E-state index contributed by atoms with van der Waals surface area (Å²) in [5.74, 6) is 0.659. The Morgan fingerprint density at radius 2 is 0.846 bits per heavy atom. The van der Waals surface area contributed by atoms with Crippen molar-refractivity contribution in [3.8, 4) is 0 Å². The van der Waals surface area contributed by atoms with Gasteiger partial charge in [-0.3, -0.25) is 9.59 Å². The van der Waals surface area contributed by atoms with Gasteiger partial charge in [-0.15, -0.1) is 0 Å². The molecular formula is C20H38N4O2. The number of rotatable bonds is 9. The molecule has 6 nitrogen and oxygen atoms in total. The first-order chi connectivity index (χ1) is 12.6. The fourth-order valence-electron chi connectivity index (χ4n) is 3.69. The van der Waals surface area contributed by atoms with Crippen LogP contribution < -0.4 is 0 Å². The fraction of sp³-hybridized carbons (Fsp3) is 0.900. The molecule has 2 fully saturated rings. The molecule has 2 rings (SSSR count). The van der Waals surface area contributed by atoms with E-state index < -0.39 is 0 Å². The smallest absolute Gasteiger partial charge is 0.222 e. The second kappa shape index (κ2) is 11.5. The van der Waals surface area contributed by atoms with Gasteiger partial charge >= 0.3 is 0 Å². The molecule has 0 saturated carbocycles. The average molecular weight is 367 g/mol. The van der Waals surface area contributed by atoms with Crippen LogP contribution in [0.1, 0.15) is 51.4 Å². The molecule has 0 aromatic carbocycles. The molecule has 0 radical (unpaired) electrons. The van der Waals surface area contributed by atoms with Gasteiger partial charge in [0, 0.05) is 65.2 Å². The van der Waals surface area contributed by atoms with Gasteiger partial charge in [0.15, 0.2) is 0 Å². The van der Waals surface area contributed by atoms with E-state index in [1.807, 2.05) is 9.80 Å². The van der Waals surface area contributed by atoms with Crippen LogP contribution in [0.2, 0.25) is 0 Å². The molecule has 0 aromatic rings. The summed E-state index contributed by atoms with van der Waals surface area (Å²) >= 11 is 0. The van der Waals surface area contributed by atoms with E-state index >= 15 is 0 Å². The molecule has 0 atom stereocenters. The lowest BCUT2D eigenvalue weighted by molar-refractivity contribution is -0.133. The van der Waals surface area contributed by atoms with Gasteiger partial charge in [-0.05, 0) is 26.9 Å². The second-order valence-electron chi connectivity index (χ2n) is 7.99. The minimum Gasteiger partial charge on any atom is -0.340 e. The summed E-state index contributed by atoms with van der Waals surface area (Å²) < 4.78 is 0. The zero-order valence-corrected chi connectivity index (χ0v) is 16.9. The summed E-state index contributed by atoms with van der Waals surface area (Å²) in [4.78, 5) is 32.9. The highest BCUT2D eigenvalue weighted by molar-refractivity contribution is 5.76. The van der Waals surface area contributed by atoms with E-state index in [-0.39, 0.29) is 0 Å². The van der Waals surface area contributed by atoms with Gasteiger partial charge in [0.2, 0.25) is 11.8 Å². The van der Waals surface area contributed by atoms with Crippen LogP contribution in [0.25, 0.3) is 0 Å². The third kappa shape index (κ3) is 7.62. The van der Waals surface area contributed by atoms with Crippen LogP contribution in [0.3, 0.4) is 0 Å². The minimum absolute atomic E-state index is 0.330. The van der Waals surface area contributed by atoms with Crippen molar-refractivity contribution in [2.45, 2.75) is 51.4 Å². The van der Waals surface area contributed by atoms with Crippen LogP contribution >= 0.6 is 0 Å². The lowest BCUT2D eigenvalue weighted by Crippen LogP contribution is -2.47. The number of nitrogens with zero attached hydrogens (tertiary/aromatic N) is 4. The van der Waals surface area contributed by atoms with E-state index in [2.05, 4.69) is 23.9 Å². The molecule has 26 heavy (non-hydrogen) atoms. The summed E-state index contributed by atoms with van der Waals surface area (Å²) in [6.45, 7) is 7.54. The molecule has 2 saturated heterocycles. The third-order valence-electron chi connectivity index (χ3n) is 5.74. The van der Waals surface area contributed by atoms with Crippen molar-refractivity contribution in [3.63, 3.8) is 0 Å². The number of carbonyl (C=O) groups is 2. The Morgan fingerprint density at radius 1 is 0.538 bits per heavy atom. The third-order valence-corrected chi connectivity index (χ3v) is 5.74. The van der Waals surface area contributed by atoms with Crippen LogP contribution in [-0.2, 0) is 9.59 Å². The number of likely N-dealkylation sites (N-methyl/N-ethyl adjacent to an activating group) is 2. The highest BCUT2D eigenvalue weighted by atomic mass is 16.2. The second-order valence-corrected chi connectivity index (χ2v) is 7.99. The molecule has 0 aliphatic carbocycles. The monoisotopic (exact) mass is 366 g/mol. The number of amides is 2. The number of carbonyl (C=O) groups excluding carboxylic acids is 2. The fourth-order valence-corrected chi connectivity index (χ4v) is 3.69. The number of hydrogen-bond donors (Lipinski definition) is 0. The molecule has 0 spiro atoms. The van der Waals surface area contributed by atoms with Crippen molar-refractivity contribution in [1.29, 1.82) is 0 Å². The highest BCUT2D eigenvalue weighted by Crippen LogP contribution is 2.12. The normalized spacial score (nSPS) is 19.8. The summed E-state index contributed by atoms with van der Waals surface area (Å²) in [6, 6.07) is 0. The Bertz CT molecular complexity index is 388. The first-order valence-corrected chi connectivity index (χ1v) is 10.5. The Balaban J connectivity index is 1.41. The maximum Gasteiger partial charge on any atom is 0.222 e. The zero-order valence-electron chi connectivity index (χ0n) is 16.9. The van der Waals surface area contributed by atoms with Crippen LogP contribution in [0, 0.1) is 0 Å². The quantitative estimate of drug-likeness (QED) is 0.582. The van der Waals surface area contributed by atoms with Gasteiger partial charge in [0.05, 0.1) is 0 Å². The van der Waals surface area contributed by atoms with Crippen molar-refractivity contribution in [2.24, 2.45) is 0 Å². The number of hydrogen-bond acceptors (Lipinski definition) is 4. The van der Waals surface area contributed by atoms with E-state index in [1.54, 1.807) is 0 Å². The summed E-state index contributed by atoms with van der Waals surface area (Å²) in [6.07, 6.45) is 8.03. The lowest BCUT2D eigenvalue weighted by Gasteiger charge is -2.32. The summed E-state index contributed by atoms with van der Waals surface area (Å²) in [5.41, 5.74) is 0. The van der Waals surface area contributed by atoms with Crippen molar-refractivity contribution in [1.82, 2.24) is 19.6 Å². The van der Waals surface area contributed by atoms with Crippen molar-refractivity contribution < 1.29 is 9.59 Å². The van der Waals surface area contributed by atoms with E-state index in [0.717, 1.165) is 78.0 Å². The van der Waals surface area contributed by atoms with Crippen LogP contribution in [0.15, 0.2) is 0 Å². The maximum atomic E-state index is 12.1. The molecule has 2 heterocycles. The molecular weight excluding hydrogens is 328 g/mol. The molecule has 0 aromatic heterocycles. The van der Waals surface area contributed by atoms with Crippen LogP contribution in [-0.4, -0.2) is 97.9 Å². The predicted octanol–water partition coefficient (Wildman–Crippen LogP) is 1.66. The van der Waals surface area contributed by atoms with Gasteiger partial charge in [0.25, 0.3) is 0 Å². The SMILES string of the molecule is CN1CCN(C(=O)CCCCCCCCC(=O)N2CCN(C)CC2)CC1. The zero-order chi connectivity index (χ0) is 18.8. The van der Waals surface area contributed by atoms with E-state index in [1.165, 1.54) is 12.8 Å². The van der Waals surface area contributed by atoms with Gasteiger partial charge < -0.3 is 19.6 Å². The highest BCUT2D eigenvalue weighted by Gasteiger charge is 2.19. The van der Waals surface area contributed by atoms with Crippen LogP contribution in [0.5, 0.6) is 0 Å². The molecule has 0 bridgehead atoms. The van der Waals surface area contributed by atoms with Gasteiger partial charge in [-0.1, -0.05) is 25.7 Å². The molecule has 6 heteroatoms.